The number of anilines is 3. The van der Waals surface area contributed by atoms with Crippen molar-refractivity contribution in [2.75, 3.05) is 4.90 Å². The van der Waals surface area contributed by atoms with Crippen LogP contribution in [0.5, 0.6) is 5.75 Å². The first-order valence-electron chi connectivity index (χ1n) is 9.39. The monoisotopic (exact) mass is 357 g/mol. The van der Waals surface area contributed by atoms with E-state index < -0.39 is 0 Å². The molecule has 0 aromatic heterocycles. The minimum absolute atomic E-state index is 0.166. The van der Waals surface area contributed by atoms with Gasteiger partial charge in [-0.15, -0.1) is 0 Å². The fourth-order valence-corrected chi connectivity index (χ4v) is 2.84. The highest BCUT2D eigenvalue weighted by atomic mass is 16.5. The van der Waals surface area contributed by atoms with Gasteiger partial charge in [0, 0.05) is 17.1 Å². The Kier molecular flexibility index (Phi) is 5.66. The van der Waals surface area contributed by atoms with Gasteiger partial charge in [0.05, 0.1) is 0 Å². The summed E-state index contributed by atoms with van der Waals surface area (Å²) in [5, 5.41) is 0. The summed E-state index contributed by atoms with van der Waals surface area (Å²) in [5.41, 5.74) is 4.26. The summed E-state index contributed by atoms with van der Waals surface area (Å²) < 4.78 is 6.10. The standard InChI is InChI=1S/C25H27NO/c1-5-20-12-14-22(15-13-20)26(21-10-8-7-9-11-21)23-16-18-24(19-17-23)27-25(3,4)6-2/h5,7-19H,1,6H2,2-4H3. The van der Waals surface area contributed by atoms with E-state index in [1.807, 2.05) is 24.3 Å². The molecule has 2 nitrogen and oxygen atoms in total. The van der Waals surface area contributed by atoms with Crippen LogP contribution in [0.25, 0.3) is 6.08 Å². The summed E-state index contributed by atoms with van der Waals surface area (Å²) >= 11 is 0. The smallest absolute Gasteiger partial charge is 0.120 e. The van der Waals surface area contributed by atoms with Crippen LogP contribution >= 0.6 is 0 Å². The molecular weight excluding hydrogens is 330 g/mol. The molecule has 0 heterocycles. The highest BCUT2D eigenvalue weighted by molar-refractivity contribution is 5.77. The van der Waals surface area contributed by atoms with Crippen molar-refractivity contribution in [1.82, 2.24) is 0 Å². The van der Waals surface area contributed by atoms with Gasteiger partial charge in [0.15, 0.2) is 0 Å². The number of rotatable bonds is 7. The minimum Gasteiger partial charge on any atom is -0.488 e. The molecule has 3 aromatic rings. The second kappa shape index (κ2) is 8.13. The Labute approximate surface area is 162 Å². The van der Waals surface area contributed by atoms with Crippen LogP contribution < -0.4 is 9.64 Å². The second-order valence-electron chi connectivity index (χ2n) is 7.18. The largest absolute Gasteiger partial charge is 0.488 e. The molecule has 0 atom stereocenters. The van der Waals surface area contributed by atoms with Crippen LogP contribution in [-0.4, -0.2) is 5.60 Å². The van der Waals surface area contributed by atoms with Crippen LogP contribution in [0.1, 0.15) is 32.8 Å². The molecule has 0 aliphatic rings. The van der Waals surface area contributed by atoms with Crippen LogP contribution in [0.2, 0.25) is 0 Å². The van der Waals surface area contributed by atoms with Crippen molar-refractivity contribution < 1.29 is 4.74 Å². The van der Waals surface area contributed by atoms with Gasteiger partial charge in [0.25, 0.3) is 0 Å². The van der Waals surface area contributed by atoms with E-state index >= 15 is 0 Å². The van der Waals surface area contributed by atoms with Gasteiger partial charge in [-0.25, -0.2) is 0 Å². The van der Waals surface area contributed by atoms with E-state index in [0.717, 1.165) is 34.8 Å². The first-order chi connectivity index (χ1) is 13.0. The molecule has 2 heteroatoms. The molecule has 3 rings (SSSR count). The zero-order chi connectivity index (χ0) is 19.3. The lowest BCUT2D eigenvalue weighted by Crippen LogP contribution is -2.26. The molecule has 0 amide bonds. The summed E-state index contributed by atoms with van der Waals surface area (Å²) in [6, 6.07) is 27.1. The molecule has 0 aliphatic carbocycles. The second-order valence-corrected chi connectivity index (χ2v) is 7.18. The summed E-state index contributed by atoms with van der Waals surface area (Å²) in [4.78, 5) is 2.24. The molecule has 0 unspecified atom stereocenters. The Morgan fingerprint density at radius 1 is 0.815 bits per heavy atom. The first kappa shape index (κ1) is 18.8. The Morgan fingerprint density at radius 2 is 1.33 bits per heavy atom. The van der Waals surface area contributed by atoms with Gasteiger partial charge in [0.2, 0.25) is 0 Å². The number of hydrogen-bond donors (Lipinski definition) is 0. The number of nitrogens with zero attached hydrogens (tertiary/aromatic N) is 1. The quantitative estimate of drug-likeness (QED) is 0.438. The molecule has 0 aliphatic heterocycles. The zero-order valence-electron chi connectivity index (χ0n) is 16.4. The van der Waals surface area contributed by atoms with Crippen LogP contribution in [-0.2, 0) is 0 Å². The van der Waals surface area contributed by atoms with Crippen LogP contribution in [0.15, 0.2) is 85.4 Å². The van der Waals surface area contributed by atoms with Crippen molar-refractivity contribution in [3.63, 3.8) is 0 Å². The lowest BCUT2D eigenvalue weighted by molar-refractivity contribution is 0.105. The van der Waals surface area contributed by atoms with E-state index in [1.165, 1.54) is 0 Å². The fourth-order valence-electron chi connectivity index (χ4n) is 2.84. The molecule has 0 saturated heterocycles. The summed E-state index contributed by atoms with van der Waals surface area (Å²) in [6.45, 7) is 10.2. The van der Waals surface area contributed by atoms with Gasteiger partial charge in [-0.2, -0.15) is 0 Å². The number of ether oxygens (including phenoxy) is 1. The van der Waals surface area contributed by atoms with Crippen LogP contribution in [0.3, 0.4) is 0 Å². The maximum Gasteiger partial charge on any atom is 0.120 e. The number of para-hydroxylation sites is 1. The summed E-state index contributed by atoms with van der Waals surface area (Å²) in [5.74, 6) is 0.889. The molecular formula is C25H27NO. The lowest BCUT2D eigenvalue weighted by Gasteiger charge is -2.27. The van der Waals surface area contributed by atoms with Gasteiger partial charge in [-0.05, 0) is 74.4 Å². The molecule has 0 N–H and O–H groups in total. The van der Waals surface area contributed by atoms with E-state index in [2.05, 4.69) is 92.9 Å². The molecule has 3 aromatic carbocycles. The van der Waals surface area contributed by atoms with Gasteiger partial charge in [-0.1, -0.05) is 49.9 Å². The Balaban J connectivity index is 1.96. The SMILES string of the molecule is C=Cc1ccc(N(c2ccccc2)c2ccc(OC(C)(C)CC)cc2)cc1. The van der Waals surface area contributed by atoms with Gasteiger partial charge in [0.1, 0.15) is 11.4 Å². The maximum absolute atomic E-state index is 6.10. The highest BCUT2D eigenvalue weighted by Gasteiger charge is 2.17. The molecule has 0 bridgehead atoms. The van der Waals surface area contributed by atoms with E-state index in [9.17, 15) is 0 Å². The van der Waals surface area contributed by atoms with Crippen molar-refractivity contribution in [3.8, 4) is 5.75 Å². The summed E-state index contributed by atoms with van der Waals surface area (Å²) in [6.07, 6.45) is 2.82. The molecule has 0 fully saturated rings. The normalized spacial score (nSPS) is 11.1. The fraction of sp³-hybridized carbons (Fsp3) is 0.200. The van der Waals surface area contributed by atoms with Crippen molar-refractivity contribution in [1.29, 1.82) is 0 Å². The summed E-state index contributed by atoms with van der Waals surface area (Å²) in [7, 11) is 0. The van der Waals surface area contributed by atoms with Gasteiger partial charge < -0.3 is 9.64 Å². The average Bonchev–Trinajstić information content (AvgIpc) is 2.71. The highest BCUT2D eigenvalue weighted by Crippen LogP contribution is 2.35. The minimum atomic E-state index is -0.166. The van der Waals surface area contributed by atoms with Gasteiger partial charge in [-0.3, -0.25) is 0 Å². The lowest BCUT2D eigenvalue weighted by atomic mass is 10.1. The molecule has 0 saturated carbocycles. The van der Waals surface area contributed by atoms with Crippen molar-refractivity contribution in [2.45, 2.75) is 32.8 Å². The maximum atomic E-state index is 6.10. The average molecular weight is 357 g/mol. The van der Waals surface area contributed by atoms with Crippen LogP contribution in [0, 0.1) is 0 Å². The van der Waals surface area contributed by atoms with Crippen LogP contribution in [0.4, 0.5) is 17.1 Å². The third kappa shape index (κ3) is 4.59. The number of hydrogen-bond acceptors (Lipinski definition) is 2. The predicted molar refractivity (Wildman–Crippen MR) is 116 cm³/mol. The molecule has 27 heavy (non-hydrogen) atoms. The third-order valence-electron chi connectivity index (χ3n) is 4.74. The molecule has 138 valence electrons. The third-order valence-corrected chi connectivity index (χ3v) is 4.74. The van der Waals surface area contributed by atoms with E-state index in [0.29, 0.717) is 0 Å². The van der Waals surface area contributed by atoms with E-state index in [-0.39, 0.29) is 5.60 Å². The van der Waals surface area contributed by atoms with E-state index in [1.54, 1.807) is 0 Å². The van der Waals surface area contributed by atoms with E-state index in [4.69, 9.17) is 4.74 Å². The Hall–Kier alpha value is -3.00. The molecule has 0 radical (unpaired) electrons. The Bertz CT molecular complexity index is 864. The predicted octanol–water partition coefficient (Wildman–Crippen LogP) is 7.37. The van der Waals surface area contributed by atoms with Crippen molar-refractivity contribution in [2.24, 2.45) is 0 Å². The Morgan fingerprint density at radius 3 is 1.85 bits per heavy atom. The first-order valence-corrected chi connectivity index (χ1v) is 9.39. The zero-order valence-corrected chi connectivity index (χ0v) is 16.4. The van der Waals surface area contributed by atoms with Crippen molar-refractivity contribution in [3.05, 3.63) is 91.0 Å². The van der Waals surface area contributed by atoms with Gasteiger partial charge >= 0.3 is 0 Å². The topological polar surface area (TPSA) is 12.5 Å². The number of benzene rings is 3. The van der Waals surface area contributed by atoms with Crippen molar-refractivity contribution >= 4 is 23.1 Å². The molecule has 0 spiro atoms.